The molecule has 0 bridgehead atoms. The first-order valence-electron chi connectivity index (χ1n) is 4.98. The van der Waals surface area contributed by atoms with Crippen LogP contribution in [-0.4, -0.2) is 25.8 Å². The maximum Gasteiger partial charge on any atom is 0.137 e. The molecule has 2 rings (SSSR count). The monoisotopic (exact) mass is 273 g/mol. The van der Waals surface area contributed by atoms with Crippen LogP contribution in [0.15, 0.2) is 22.7 Å². The van der Waals surface area contributed by atoms with E-state index < -0.39 is 0 Å². The van der Waals surface area contributed by atoms with Gasteiger partial charge in [-0.1, -0.05) is 0 Å². The Morgan fingerprint density at radius 3 is 3.00 bits per heavy atom. The van der Waals surface area contributed by atoms with Gasteiger partial charge in [-0.05, 0) is 41.1 Å². The van der Waals surface area contributed by atoms with E-state index in [2.05, 4.69) is 20.8 Å². The van der Waals surface area contributed by atoms with E-state index in [1.165, 1.54) is 6.07 Å². The summed E-state index contributed by atoms with van der Waals surface area (Å²) in [6, 6.07) is 5.10. The normalized spacial score (nSPS) is 21.8. The van der Waals surface area contributed by atoms with E-state index in [4.69, 9.17) is 4.74 Å². The number of halogens is 2. The van der Waals surface area contributed by atoms with E-state index >= 15 is 0 Å². The van der Waals surface area contributed by atoms with Crippen LogP contribution < -0.4 is 4.90 Å². The van der Waals surface area contributed by atoms with Crippen molar-refractivity contribution < 1.29 is 9.13 Å². The lowest BCUT2D eigenvalue weighted by molar-refractivity contribution is 0.0532. The van der Waals surface area contributed by atoms with Crippen molar-refractivity contribution in [2.45, 2.75) is 13.0 Å². The summed E-state index contributed by atoms with van der Waals surface area (Å²) in [5.41, 5.74) is 1.04. The number of rotatable bonds is 1. The molecular weight excluding hydrogens is 261 g/mol. The van der Waals surface area contributed by atoms with E-state index in [1.807, 2.05) is 13.0 Å². The molecule has 1 aromatic rings. The lowest BCUT2D eigenvalue weighted by Gasteiger charge is -2.33. The Morgan fingerprint density at radius 1 is 1.53 bits per heavy atom. The van der Waals surface area contributed by atoms with E-state index in [0.29, 0.717) is 4.47 Å². The molecule has 4 heteroatoms. The van der Waals surface area contributed by atoms with Crippen molar-refractivity contribution >= 4 is 21.6 Å². The molecule has 1 aromatic carbocycles. The number of hydrogen-bond acceptors (Lipinski definition) is 2. The van der Waals surface area contributed by atoms with Crippen molar-refractivity contribution in [1.29, 1.82) is 0 Å². The minimum absolute atomic E-state index is 0.222. The molecule has 0 saturated carbocycles. The number of hydrogen-bond donors (Lipinski definition) is 0. The van der Waals surface area contributed by atoms with Gasteiger partial charge < -0.3 is 9.64 Å². The van der Waals surface area contributed by atoms with E-state index in [9.17, 15) is 4.39 Å². The molecule has 82 valence electrons. The maximum atomic E-state index is 13.1. The zero-order valence-electron chi connectivity index (χ0n) is 8.54. The molecule has 1 heterocycles. The second-order valence-electron chi connectivity index (χ2n) is 3.73. The summed E-state index contributed by atoms with van der Waals surface area (Å²) in [6.07, 6.45) is 0.238. The lowest BCUT2D eigenvalue weighted by Crippen LogP contribution is -2.41. The summed E-state index contributed by atoms with van der Waals surface area (Å²) in [7, 11) is 0. The zero-order chi connectivity index (χ0) is 10.8. The highest BCUT2D eigenvalue weighted by atomic mass is 79.9. The molecule has 1 aliphatic rings. The third kappa shape index (κ3) is 2.49. The second kappa shape index (κ2) is 4.49. The topological polar surface area (TPSA) is 12.5 Å². The van der Waals surface area contributed by atoms with Crippen LogP contribution in [0.4, 0.5) is 10.1 Å². The zero-order valence-corrected chi connectivity index (χ0v) is 10.1. The molecule has 0 radical (unpaired) electrons. The summed E-state index contributed by atoms with van der Waals surface area (Å²) < 4.78 is 19.0. The largest absolute Gasteiger partial charge is 0.375 e. The highest BCUT2D eigenvalue weighted by Crippen LogP contribution is 2.24. The standard InChI is InChI=1S/C11H13BrFNO/c1-8-7-14(4-5-15-8)9-2-3-11(13)10(12)6-9/h2-3,6,8H,4-5,7H2,1H3. The lowest BCUT2D eigenvalue weighted by atomic mass is 10.2. The Labute approximate surface area is 97.2 Å². The summed E-state index contributed by atoms with van der Waals surface area (Å²) in [5, 5.41) is 0. The van der Waals surface area contributed by atoms with Crippen molar-refractivity contribution in [1.82, 2.24) is 0 Å². The van der Waals surface area contributed by atoms with Crippen LogP contribution in [0.3, 0.4) is 0 Å². The van der Waals surface area contributed by atoms with Crippen molar-refractivity contribution in [2.24, 2.45) is 0 Å². The molecule has 0 amide bonds. The molecule has 0 spiro atoms. The van der Waals surface area contributed by atoms with Crippen molar-refractivity contribution in [2.75, 3.05) is 24.6 Å². The van der Waals surface area contributed by atoms with Gasteiger partial charge in [-0.2, -0.15) is 0 Å². The number of anilines is 1. The molecule has 0 aliphatic carbocycles. The highest BCUT2D eigenvalue weighted by Gasteiger charge is 2.17. The van der Waals surface area contributed by atoms with Crippen LogP contribution in [0.5, 0.6) is 0 Å². The molecule has 1 fully saturated rings. The van der Waals surface area contributed by atoms with Gasteiger partial charge >= 0.3 is 0 Å². The van der Waals surface area contributed by atoms with E-state index in [0.717, 1.165) is 25.4 Å². The van der Waals surface area contributed by atoms with Crippen LogP contribution in [0.25, 0.3) is 0 Å². The SMILES string of the molecule is CC1CN(c2ccc(F)c(Br)c2)CCO1. The summed E-state index contributed by atoms with van der Waals surface area (Å²) >= 11 is 3.19. The van der Waals surface area contributed by atoms with Crippen LogP contribution >= 0.6 is 15.9 Å². The molecule has 2 nitrogen and oxygen atoms in total. The van der Waals surface area contributed by atoms with Gasteiger partial charge in [0, 0.05) is 18.8 Å². The first-order valence-corrected chi connectivity index (χ1v) is 5.78. The fraction of sp³-hybridized carbons (Fsp3) is 0.455. The van der Waals surface area contributed by atoms with Crippen molar-refractivity contribution in [3.05, 3.63) is 28.5 Å². The van der Waals surface area contributed by atoms with Crippen LogP contribution in [0, 0.1) is 5.82 Å². The molecule has 1 saturated heterocycles. The van der Waals surface area contributed by atoms with Gasteiger partial charge in [0.25, 0.3) is 0 Å². The average molecular weight is 274 g/mol. The number of benzene rings is 1. The molecule has 1 aliphatic heterocycles. The summed E-state index contributed by atoms with van der Waals surface area (Å²) in [6.45, 7) is 4.50. The number of ether oxygens (including phenoxy) is 1. The van der Waals surface area contributed by atoms with Crippen molar-refractivity contribution in [3.63, 3.8) is 0 Å². The van der Waals surface area contributed by atoms with Crippen LogP contribution in [0.1, 0.15) is 6.92 Å². The summed E-state index contributed by atoms with van der Waals surface area (Å²) in [5.74, 6) is -0.222. The number of nitrogens with zero attached hydrogens (tertiary/aromatic N) is 1. The van der Waals surface area contributed by atoms with Gasteiger partial charge in [-0.3, -0.25) is 0 Å². The molecule has 0 N–H and O–H groups in total. The van der Waals surface area contributed by atoms with Gasteiger partial charge in [0.15, 0.2) is 0 Å². The van der Waals surface area contributed by atoms with Gasteiger partial charge in [0.2, 0.25) is 0 Å². The van der Waals surface area contributed by atoms with Gasteiger partial charge in [0.1, 0.15) is 5.82 Å². The molecule has 1 unspecified atom stereocenters. The minimum atomic E-state index is -0.222. The second-order valence-corrected chi connectivity index (χ2v) is 4.58. The average Bonchev–Trinajstić information content (AvgIpc) is 2.22. The Hall–Kier alpha value is -0.610. The predicted molar refractivity (Wildman–Crippen MR) is 61.7 cm³/mol. The Balaban J connectivity index is 2.18. The molecule has 15 heavy (non-hydrogen) atoms. The highest BCUT2D eigenvalue weighted by molar-refractivity contribution is 9.10. The summed E-state index contributed by atoms with van der Waals surface area (Å²) in [4.78, 5) is 2.21. The van der Waals surface area contributed by atoms with Gasteiger partial charge in [0.05, 0.1) is 17.2 Å². The van der Waals surface area contributed by atoms with Crippen LogP contribution in [-0.2, 0) is 4.74 Å². The quantitative estimate of drug-likeness (QED) is 0.780. The molecule has 1 atom stereocenters. The third-order valence-corrected chi connectivity index (χ3v) is 3.12. The minimum Gasteiger partial charge on any atom is -0.375 e. The molecule has 0 aromatic heterocycles. The van der Waals surface area contributed by atoms with Gasteiger partial charge in [-0.25, -0.2) is 4.39 Å². The first-order chi connectivity index (χ1) is 7.16. The Morgan fingerprint density at radius 2 is 2.33 bits per heavy atom. The fourth-order valence-electron chi connectivity index (χ4n) is 1.73. The number of morpholine rings is 1. The predicted octanol–water partition coefficient (Wildman–Crippen LogP) is 2.81. The Bertz CT molecular complexity index is 358. The maximum absolute atomic E-state index is 13.1. The first kappa shape index (κ1) is 10.9. The third-order valence-electron chi connectivity index (χ3n) is 2.51. The van der Waals surface area contributed by atoms with E-state index in [1.54, 1.807) is 6.07 Å². The van der Waals surface area contributed by atoms with E-state index in [-0.39, 0.29) is 11.9 Å². The van der Waals surface area contributed by atoms with Crippen molar-refractivity contribution in [3.8, 4) is 0 Å². The molecular formula is C11H13BrFNO. The Kier molecular flexibility index (Phi) is 3.26. The smallest absolute Gasteiger partial charge is 0.137 e. The van der Waals surface area contributed by atoms with Crippen LogP contribution in [0.2, 0.25) is 0 Å². The fourth-order valence-corrected chi connectivity index (χ4v) is 2.10. The van der Waals surface area contributed by atoms with Gasteiger partial charge in [-0.15, -0.1) is 0 Å².